The Hall–Kier alpha value is -3.42. The monoisotopic (exact) mass is 377 g/mol. The second kappa shape index (κ2) is 7.67. The number of hydrogen-bond acceptors (Lipinski definition) is 6. The molecule has 0 aliphatic carbocycles. The van der Waals surface area contributed by atoms with E-state index in [2.05, 4.69) is 39.4 Å². The van der Waals surface area contributed by atoms with Crippen LogP contribution in [0.4, 0.5) is 11.6 Å². The van der Waals surface area contributed by atoms with Crippen molar-refractivity contribution in [3.05, 3.63) is 60.7 Å². The number of aromatic nitrogens is 4. The Labute approximate surface area is 163 Å². The highest BCUT2D eigenvalue weighted by molar-refractivity contribution is 5.82. The highest BCUT2D eigenvalue weighted by atomic mass is 16.2. The maximum atomic E-state index is 12.0. The summed E-state index contributed by atoms with van der Waals surface area (Å²) in [7, 11) is 1.83. The normalized spacial score (nSPS) is 15.6. The lowest BCUT2D eigenvalue weighted by Crippen LogP contribution is -2.48. The molecule has 1 aliphatic heterocycles. The predicted molar refractivity (Wildman–Crippen MR) is 107 cm³/mol. The molecule has 0 spiro atoms. The fourth-order valence-electron chi connectivity index (χ4n) is 3.20. The molecule has 3 aromatic rings. The van der Waals surface area contributed by atoms with Crippen LogP contribution < -0.4 is 10.2 Å². The minimum atomic E-state index is 0.0727. The zero-order valence-electron chi connectivity index (χ0n) is 16.0. The molecule has 3 heterocycles. The van der Waals surface area contributed by atoms with E-state index in [0.29, 0.717) is 13.1 Å². The first-order valence-electron chi connectivity index (χ1n) is 9.27. The van der Waals surface area contributed by atoms with Gasteiger partial charge in [-0.15, -0.1) is 0 Å². The van der Waals surface area contributed by atoms with Crippen molar-refractivity contribution in [3.63, 3.8) is 0 Å². The highest BCUT2D eigenvalue weighted by Crippen LogP contribution is 2.22. The lowest BCUT2D eigenvalue weighted by atomic mass is 10.1. The van der Waals surface area contributed by atoms with Gasteiger partial charge in [-0.05, 0) is 30.7 Å². The molecule has 4 rings (SSSR count). The minimum absolute atomic E-state index is 0.0727. The average Bonchev–Trinajstić information content (AvgIpc) is 3.25. The maximum absolute atomic E-state index is 12.0. The van der Waals surface area contributed by atoms with Gasteiger partial charge in [0.2, 0.25) is 5.91 Å². The summed E-state index contributed by atoms with van der Waals surface area (Å²) >= 11 is 0. The summed E-state index contributed by atoms with van der Waals surface area (Å²) in [6.07, 6.45) is 5.22. The number of hydrogen-bond donors (Lipinski definition) is 1. The Morgan fingerprint density at radius 2 is 1.96 bits per heavy atom. The first-order chi connectivity index (χ1) is 13.6. The van der Waals surface area contributed by atoms with Gasteiger partial charge in [-0.3, -0.25) is 4.79 Å². The molecule has 1 aromatic carbocycles. The second-order valence-corrected chi connectivity index (χ2v) is 6.91. The van der Waals surface area contributed by atoms with Crippen LogP contribution in [0.3, 0.4) is 0 Å². The van der Waals surface area contributed by atoms with Crippen LogP contribution in [-0.4, -0.2) is 57.2 Å². The van der Waals surface area contributed by atoms with Gasteiger partial charge in [0.15, 0.2) is 0 Å². The zero-order valence-corrected chi connectivity index (χ0v) is 16.0. The first kappa shape index (κ1) is 18.0. The number of nitrogens with zero attached hydrogens (tertiary/aromatic N) is 6. The van der Waals surface area contributed by atoms with E-state index in [-0.39, 0.29) is 11.9 Å². The molecule has 0 saturated carbocycles. The zero-order chi connectivity index (χ0) is 19.5. The van der Waals surface area contributed by atoms with E-state index < -0.39 is 0 Å². The van der Waals surface area contributed by atoms with E-state index in [1.165, 1.54) is 6.33 Å². The molecule has 2 aromatic heterocycles. The smallest absolute Gasteiger partial charge is 0.241 e. The van der Waals surface area contributed by atoms with Crippen LogP contribution in [0.1, 0.15) is 18.5 Å². The van der Waals surface area contributed by atoms with Gasteiger partial charge in [0.25, 0.3) is 0 Å². The molecule has 1 N–H and O–H groups in total. The SMILES string of the molecule is CC(Nc1cc(N2CCN(C)C(=O)C2)ncn1)c1ccc(-n2cccn2)cc1. The van der Waals surface area contributed by atoms with Gasteiger partial charge in [-0.2, -0.15) is 5.10 Å². The number of piperazine rings is 1. The lowest BCUT2D eigenvalue weighted by molar-refractivity contribution is -0.129. The molecule has 1 amide bonds. The molecule has 1 atom stereocenters. The lowest BCUT2D eigenvalue weighted by Gasteiger charge is -2.32. The number of carbonyl (C=O) groups is 1. The Balaban J connectivity index is 1.44. The minimum Gasteiger partial charge on any atom is -0.363 e. The van der Waals surface area contributed by atoms with E-state index in [1.807, 2.05) is 47.1 Å². The van der Waals surface area contributed by atoms with Crippen molar-refractivity contribution >= 4 is 17.5 Å². The number of nitrogens with one attached hydrogen (secondary N) is 1. The third-order valence-corrected chi connectivity index (χ3v) is 4.96. The van der Waals surface area contributed by atoms with Crippen molar-refractivity contribution in [2.45, 2.75) is 13.0 Å². The van der Waals surface area contributed by atoms with Crippen LogP contribution in [0.2, 0.25) is 0 Å². The molecule has 1 aliphatic rings. The molecule has 1 saturated heterocycles. The molecule has 8 nitrogen and oxygen atoms in total. The van der Waals surface area contributed by atoms with E-state index in [0.717, 1.165) is 29.4 Å². The Kier molecular flexibility index (Phi) is 4.92. The summed E-state index contributed by atoms with van der Waals surface area (Å²) in [5.41, 5.74) is 2.16. The second-order valence-electron chi connectivity index (χ2n) is 6.91. The van der Waals surface area contributed by atoms with E-state index >= 15 is 0 Å². The number of likely N-dealkylation sites (N-methyl/N-ethyl adjacent to an activating group) is 1. The quantitative estimate of drug-likeness (QED) is 0.734. The molecular weight excluding hydrogens is 354 g/mol. The van der Waals surface area contributed by atoms with Gasteiger partial charge in [0.05, 0.1) is 12.2 Å². The summed E-state index contributed by atoms with van der Waals surface area (Å²) in [6, 6.07) is 12.1. The number of amides is 1. The van der Waals surface area contributed by atoms with Crippen LogP contribution in [0.25, 0.3) is 5.69 Å². The van der Waals surface area contributed by atoms with Crippen molar-refractivity contribution in [2.24, 2.45) is 0 Å². The van der Waals surface area contributed by atoms with Crippen LogP contribution in [0, 0.1) is 0 Å². The molecular formula is C20H23N7O. The van der Waals surface area contributed by atoms with Crippen LogP contribution in [-0.2, 0) is 4.79 Å². The van der Waals surface area contributed by atoms with E-state index in [4.69, 9.17) is 0 Å². The van der Waals surface area contributed by atoms with Crippen LogP contribution >= 0.6 is 0 Å². The van der Waals surface area contributed by atoms with Gasteiger partial charge in [-0.1, -0.05) is 12.1 Å². The predicted octanol–water partition coefficient (Wildman–Crippen LogP) is 2.11. The van der Waals surface area contributed by atoms with Crippen LogP contribution in [0.15, 0.2) is 55.1 Å². The summed E-state index contributed by atoms with van der Waals surface area (Å²) in [5.74, 6) is 1.60. The highest BCUT2D eigenvalue weighted by Gasteiger charge is 2.22. The standard InChI is InChI=1S/C20H23N7O/c1-15(16-4-6-17(7-5-16)27-9-3-8-23-27)24-18-12-19(22-14-21-18)26-11-10-25(2)20(28)13-26/h3-9,12,14-15H,10-11,13H2,1-2H3,(H,21,22,24). The Bertz CT molecular complexity index is 939. The fourth-order valence-corrected chi connectivity index (χ4v) is 3.20. The van der Waals surface area contributed by atoms with Gasteiger partial charge >= 0.3 is 0 Å². The molecule has 1 fully saturated rings. The molecule has 8 heteroatoms. The van der Waals surface area contributed by atoms with Crippen molar-refractivity contribution in [2.75, 3.05) is 36.9 Å². The van der Waals surface area contributed by atoms with Crippen molar-refractivity contribution in [3.8, 4) is 5.69 Å². The first-order valence-corrected chi connectivity index (χ1v) is 9.27. The summed E-state index contributed by atoms with van der Waals surface area (Å²) in [6.45, 7) is 3.90. The topological polar surface area (TPSA) is 79.2 Å². The van der Waals surface area contributed by atoms with Gasteiger partial charge in [0.1, 0.15) is 18.0 Å². The molecule has 0 bridgehead atoms. The van der Waals surface area contributed by atoms with Crippen LogP contribution in [0.5, 0.6) is 0 Å². The summed E-state index contributed by atoms with van der Waals surface area (Å²) in [5, 5.41) is 7.66. The average molecular weight is 377 g/mol. The van der Waals surface area contributed by atoms with E-state index in [9.17, 15) is 4.79 Å². The maximum Gasteiger partial charge on any atom is 0.241 e. The fraction of sp³-hybridized carbons (Fsp3) is 0.300. The summed E-state index contributed by atoms with van der Waals surface area (Å²) in [4.78, 5) is 24.4. The molecule has 144 valence electrons. The van der Waals surface area contributed by atoms with Crippen molar-refractivity contribution in [1.82, 2.24) is 24.6 Å². The molecule has 1 unspecified atom stereocenters. The van der Waals surface area contributed by atoms with Gasteiger partial charge in [0, 0.05) is 44.6 Å². The number of carbonyl (C=O) groups excluding carboxylic acids is 1. The van der Waals surface area contributed by atoms with Crippen molar-refractivity contribution in [1.29, 1.82) is 0 Å². The largest absolute Gasteiger partial charge is 0.363 e. The Morgan fingerprint density at radius 1 is 1.14 bits per heavy atom. The third-order valence-electron chi connectivity index (χ3n) is 4.96. The number of rotatable bonds is 5. The summed E-state index contributed by atoms with van der Waals surface area (Å²) < 4.78 is 1.83. The number of benzene rings is 1. The van der Waals surface area contributed by atoms with Gasteiger partial charge < -0.3 is 15.1 Å². The molecule has 0 radical (unpaired) electrons. The molecule has 28 heavy (non-hydrogen) atoms. The van der Waals surface area contributed by atoms with Gasteiger partial charge in [-0.25, -0.2) is 14.6 Å². The van der Waals surface area contributed by atoms with Crippen molar-refractivity contribution < 1.29 is 4.79 Å². The third kappa shape index (κ3) is 3.80. The number of anilines is 2. The van der Waals surface area contributed by atoms with E-state index in [1.54, 1.807) is 11.1 Å². The Morgan fingerprint density at radius 3 is 2.68 bits per heavy atom.